The van der Waals surface area contributed by atoms with Crippen LogP contribution in [0, 0.1) is 0 Å². The summed E-state index contributed by atoms with van der Waals surface area (Å²) in [6, 6.07) is 20.1. The summed E-state index contributed by atoms with van der Waals surface area (Å²) in [4.78, 5) is 29.2. The molecule has 1 aromatic heterocycles. The van der Waals surface area contributed by atoms with Gasteiger partial charge in [0.2, 0.25) is 0 Å². The Balaban J connectivity index is 1.25. The van der Waals surface area contributed by atoms with Gasteiger partial charge in [0, 0.05) is 43.3 Å². The summed E-state index contributed by atoms with van der Waals surface area (Å²) in [7, 11) is 0. The highest BCUT2D eigenvalue weighted by Gasteiger charge is 2.24. The zero-order chi connectivity index (χ0) is 23.3. The smallest absolute Gasteiger partial charge is 0.253 e. The lowest BCUT2D eigenvalue weighted by Gasteiger charge is -2.22. The van der Waals surface area contributed by atoms with Crippen molar-refractivity contribution in [3.63, 3.8) is 0 Å². The van der Waals surface area contributed by atoms with Crippen molar-refractivity contribution in [1.82, 2.24) is 15.1 Å². The van der Waals surface area contributed by atoms with Crippen LogP contribution in [-0.2, 0) is 19.6 Å². The molecule has 5 rings (SSSR count). The Morgan fingerprint density at radius 1 is 0.853 bits per heavy atom. The monoisotopic (exact) mass is 457 g/mol. The highest BCUT2D eigenvalue weighted by Crippen LogP contribution is 2.20. The first kappa shape index (κ1) is 22.4. The van der Waals surface area contributed by atoms with Crippen LogP contribution < -0.4 is 5.32 Å². The van der Waals surface area contributed by atoms with E-state index in [1.165, 1.54) is 0 Å². The SMILES string of the molecule is O=C(NC1CC1)c1ccc(CN(Cc2ccc(C(=O)N3CCCC3)cc2)Cc2ccco2)cc1. The molecule has 1 saturated heterocycles. The number of likely N-dealkylation sites (tertiary alicyclic amines) is 1. The van der Waals surface area contributed by atoms with Gasteiger partial charge in [-0.2, -0.15) is 0 Å². The maximum Gasteiger partial charge on any atom is 0.253 e. The number of benzene rings is 2. The summed E-state index contributed by atoms with van der Waals surface area (Å²) < 4.78 is 5.60. The zero-order valence-corrected chi connectivity index (χ0v) is 19.4. The molecule has 2 heterocycles. The minimum Gasteiger partial charge on any atom is -0.468 e. The summed E-state index contributed by atoms with van der Waals surface area (Å²) >= 11 is 0. The molecule has 0 unspecified atom stereocenters. The van der Waals surface area contributed by atoms with Crippen molar-refractivity contribution in [2.24, 2.45) is 0 Å². The highest BCUT2D eigenvalue weighted by atomic mass is 16.3. The summed E-state index contributed by atoms with van der Waals surface area (Å²) in [5, 5.41) is 3.03. The topological polar surface area (TPSA) is 65.8 Å². The Morgan fingerprint density at radius 3 is 2.03 bits per heavy atom. The van der Waals surface area contributed by atoms with Crippen LogP contribution in [0.2, 0.25) is 0 Å². The first-order valence-corrected chi connectivity index (χ1v) is 12.2. The Morgan fingerprint density at radius 2 is 1.47 bits per heavy atom. The molecule has 2 amide bonds. The van der Waals surface area contributed by atoms with Crippen LogP contribution >= 0.6 is 0 Å². The van der Waals surface area contributed by atoms with Gasteiger partial charge >= 0.3 is 0 Å². The van der Waals surface area contributed by atoms with Gasteiger partial charge in [-0.25, -0.2) is 0 Å². The maximum atomic E-state index is 12.6. The summed E-state index contributed by atoms with van der Waals surface area (Å²) in [6.45, 7) is 3.84. The molecular weight excluding hydrogens is 426 g/mol. The second kappa shape index (κ2) is 10.3. The van der Waals surface area contributed by atoms with Gasteiger partial charge in [-0.1, -0.05) is 24.3 Å². The fraction of sp³-hybridized carbons (Fsp3) is 0.357. The van der Waals surface area contributed by atoms with Crippen LogP contribution in [0.1, 0.15) is 63.3 Å². The number of nitrogens with zero attached hydrogens (tertiary/aromatic N) is 2. The lowest BCUT2D eigenvalue weighted by atomic mass is 10.1. The van der Waals surface area contributed by atoms with E-state index in [0.717, 1.165) is 74.3 Å². The van der Waals surface area contributed by atoms with E-state index in [-0.39, 0.29) is 11.8 Å². The lowest BCUT2D eigenvalue weighted by molar-refractivity contribution is 0.0792. The van der Waals surface area contributed by atoms with Gasteiger partial charge in [0.25, 0.3) is 11.8 Å². The molecule has 0 bridgehead atoms. The van der Waals surface area contributed by atoms with Crippen molar-refractivity contribution in [1.29, 1.82) is 0 Å². The predicted molar refractivity (Wildman–Crippen MR) is 130 cm³/mol. The molecule has 6 heteroatoms. The van der Waals surface area contributed by atoms with Crippen LogP contribution in [0.3, 0.4) is 0 Å². The largest absolute Gasteiger partial charge is 0.468 e. The van der Waals surface area contributed by atoms with Crippen LogP contribution in [-0.4, -0.2) is 40.7 Å². The van der Waals surface area contributed by atoms with Gasteiger partial charge < -0.3 is 14.6 Å². The first-order chi connectivity index (χ1) is 16.6. The Kier molecular flexibility index (Phi) is 6.77. The molecule has 0 atom stereocenters. The van der Waals surface area contributed by atoms with E-state index in [2.05, 4.69) is 10.2 Å². The van der Waals surface area contributed by atoms with Gasteiger partial charge in [0.15, 0.2) is 0 Å². The van der Waals surface area contributed by atoms with Crippen molar-refractivity contribution >= 4 is 11.8 Å². The van der Waals surface area contributed by atoms with Crippen molar-refractivity contribution < 1.29 is 14.0 Å². The number of carbonyl (C=O) groups excluding carboxylic acids is 2. The average Bonchev–Trinajstić information content (AvgIpc) is 3.27. The minimum atomic E-state index is 0.00468. The van der Waals surface area contributed by atoms with Crippen molar-refractivity contribution in [3.8, 4) is 0 Å². The Bertz CT molecular complexity index is 1100. The quantitative estimate of drug-likeness (QED) is 0.510. The van der Waals surface area contributed by atoms with Crippen LogP contribution in [0.5, 0.6) is 0 Å². The summed E-state index contributed by atoms with van der Waals surface area (Å²) in [5.41, 5.74) is 3.73. The van der Waals surface area contributed by atoms with Gasteiger partial charge in [-0.05, 0) is 73.2 Å². The minimum absolute atomic E-state index is 0.00468. The molecule has 2 fully saturated rings. The number of nitrogens with one attached hydrogen (secondary N) is 1. The fourth-order valence-corrected chi connectivity index (χ4v) is 4.42. The maximum absolute atomic E-state index is 12.6. The zero-order valence-electron chi connectivity index (χ0n) is 19.4. The van der Waals surface area contributed by atoms with E-state index >= 15 is 0 Å². The lowest BCUT2D eigenvalue weighted by Crippen LogP contribution is -2.27. The number of amides is 2. The molecule has 0 spiro atoms. The van der Waals surface area contributed by atoms with E-state index in [1.807, 2.05) is 65.6 Å². The second-order valence-electron chi connectivity index (χ2n) is 9.37. The molecule has 1 N–H and O–H groups in total. The first-order valence-electron chi connectivity index (χ1n) is 12.2. The van der Waals surface area contributed by atoms with Crippen LogP contribution in [0.25, 0.3) is 0 Å². The van der Waals surface area contributed by atoms with Gasteiger partial charge in [0.1, 0.15) is 5.76 Å². The summed E-state index contributed by atoms with van der Waals surface area (Å²) in [6.07, 6.45) is 6.05. The van der Waals surface area contributed by atoms with E-state index in [1.54, 1.807) is 6.26 Å². The molecule has 0 radical (unpaired) electrons. The molecule has 6 nitrogen and oxygen atoms in total. The van der Waals surface area contributed by atoms with Crippen molar-refractivity contribution in [3.05, 3.63) is 94.9 Å². The van der Waals surface area contributed by atoms with E-state index in [4.69, 9.17) is 4.42 Å². The molecule has 34 heavy (non-hydrogen) atoms. The molecule has 1 saturated carbocycles. The number of carbonyl (C=O) groups is 2. The van der Waals surface area contributed by atoms with Gasteiger partial charge in [-0.3, -0.25) is 14.5 Å². The predicted octanol–water partition coefficient (Wildman–Crippen LogP) is 4.61. The Labute approximate surface area is 200 Å². The van der Waals surface area contributed by atoms with Crippen molar-refractivity contribution in [2.45, 2.75) is 51.4 Å². The van der Waals surface area contributed by atoms with Gasteiger partial charge in [0.05, 0.1) is 12.8 Å². The highest BCUT2D eigenvalue weighted by molar-refractivity contribution is 5.95. The molecule has 2 aromatic carbocycles. The van der Waals surface area contributed by atoms with Crippen molar-refractivity contribution in [2.75, 3.05) is 13.1 Å². The van der Waals surface area contributed by atoms with Crippen LogP contribution in [0.4, 0.5) is 0 Å². The standard InChI is InChI=1S/C28H31N3O3/c32-27(29-25-13-14-25)23-9-5-21(6-10-23)18-30(20-26-4-3-17-34-26)19-22-7-11-24(12-8-22)28(33)31-15-1-2-16-31/h3-12,17,25H,1-2,13-16,18-20H2,(H,29,32). The second-order valence-corrected chi connectivity index (χ2v) is 9.37. The number of hydrogen-bond donors (Lipinski definition) is 1. The number of hydrogen-bond acceptors (Lipinski definition) is 4. The Hall–Kier alpha value is -3.38. The van der Waals surface area contributed by atoms with E-state index < -0.39 is 0 Å². The number of furan rings is 1. The molecule has 1 aliphatic heterocycles. The third-order valence-corrected chi connectivity index (χ3v) is 6.49. The molecule has 2 aliphatic rings. The molecule has 3 aromatic rings. The molecule has 176 valence electrons. The van der Waals surface area contributed by atoms with E-state index in [0.29, 0.717) is 18.2 Å². The van der Waals surface area contributed by atoms with Crippen LogP contribution in [0.15, 0.2) is 71.3 Å². The number of rotatable bonds is 9. The summed E-state index contributed by atoms with van der Waals surface area (Å²) in [5.74, 6) is 1.04. The molecular formula is C28H31N3O3. The third-order valence-electron chi connectivity index (χ3n) is 6.49. The average molecular weight is 458 g/mol. The van der Waals surface area contributed by atoms with E-state index in [9.17, 15) is 9.59 Å². The molecule has 1 aliphatic carbocycles. The third kappa shape index (κ3) is 5.75. The van der Waals surface area contributed by atoms with Gasteiger partial charge in [-0.15, -0.1) is 0 Å². The normalized spacial score (nSPS) is 15.6. The fourth-order valence-electron chi connectivity index (χ4n) is 4.42.